The van der Waals surface area contributed by atoms with E-state index < -0.39 is 0 Å². The molecule has 0 aliphatic rings. The highest BCUT2D eigenvalue weighted by Gasteiger charge is 2.02. The number of rotatable bonds is 3. The smallest absolute Gasteiger partial charge is 0.264 e. The molecule has 2 aromatic rings. The number of nitrogens with one attached hydrogen (secondary N) is 2. The minimum Gasteiger partial charge on any atom is -0.298 e. The van der Waals surface area contributed by atoms with E-state index in [1.807, 2.05) is 42.5 Å². The molecule has 0 aliphatic heterocycles. The van der Waals surface area contributed by atoms with Gasteiger partial charge >= 0.3 is 0 Å². The third kappa shape index (κ3) is 2.45. The molecule has 3 heteroatoms. The van der Waals surface area contributed by atoms with E-state index in [4.69, 9.17) is 0 Å². The second-order valence-corrected chi connectivity index (χ2v) is 3.89. The van der Waals surface area contributed by atoms with Gasteiger partial charge in [0.2, 0.25) is 0 Å². The first kappa shape index (κ1) is 11.2. The Hall–Kier alpha value is -2.29. The van der Waals surface area contributed by atoms with Crippen LogP contribution in [0, 0.1) is 0 Å². The summed E-state index contributed by atoms with van der Waals surface area (Å²) in [7, 11) is 0. The summed E-state index contributed by atoms with van der Waals surface area (Å²) in [6, 6.07) is 13.9. The average molecular weight is 226 g/mol. The third-order valence-corrected chi connectivity index (χ3v) is 2.49. The number of amides is 1. The molecule has 17 heavy (non-hydrogen) atoms. The number of fused-ring (bicyclic) bond motifs is 1. The summed E-state index contributed by atoms with van der Waals surface area (Å²) < 4.78 is 0. The molecular weight excluding hydrogens is 212 g/mol. The lowest BCUT2D eigenvalue weighted by molar-refractivity contribution is -0.116. The van der Waals surface area contributed by atoms with Crippen LogP contribution in [-0.4, -0.2) is 5.91 Å². The second kappa shape index (κ2) is 4.70. The molecule has 3 nitrogen and oxygen atoms in total. The first-order valence-electron chi connectivity index (χ1n) is 5.38. The Kier molecular flexibility index (Phi) is 3.10. The van der Waals surface area contributed by atoms with Gasteiger partial charge in [0, 0.05) is 11.0 Å². The van der Waals surface area contributed by atoms with Gasteiger partial charge in [0.25, 0.3) is 5.91 Å². The van der Waals surface area contributed by atoms with Crippen molar-refractivity contribution >= 4 is 22.4 Å². The van der Waals surface area contributed by atoms with Crippen LogP contribution in [0.3, 0.4) is 0 Å². The van der Waals surface area contributed by atoms with Crippen LogP contribution in [0.25, 0.3) is 10.8 Å². The summed E-state index contributed by atoms with van der Waals surface area (Å²) in [5.74, 6) is -0.210. The average Bonchev–Trinajstić information content (AvgIpc) is 2.35. The molecule has 86 valence electrons. The van der Waals surface area contributed by atoms with E-state index >= 15 is 0 Å². The predicted octanol–water partition coefficient (Wildman–Crippen LogP) is 2.86. The van der Waals surface area contributed by atoms with E-state index in [9.17, 15) is 4.79 Å². The van der Waals surface area contributed by atoms with Gasteiger partial charge in [-0.05, 0) is 18.4 Å². The number of hydrogen-bond donors (Lipinski definition) is 2. The first-order valence-corrected chi connectivity index (χ1v) is 5.38. The summed E-state index contributed by atoms with van der Waals surface area (Å²) in [5, 5.41) is 2.19. The maximum atomic E-state index is 11.4. The van der Waals surface area contributed by atoms with Crippen LogP contribution < -0.4 is 10.9 Å². The Morgan fingerprint density at radius 1 is 1.12 bits per heavy atom. The van der Waals surface area contributed by atoms with Gasteiger partial charge < -0.3 is 0 Å². The zero-order valence-corrected chi connectivity index (χ0v) is 9.66. The Labute approximate surface area is 100 Å². The zero-order valence-electron chi connectivity index (χ0n) is 9.66. The summed E-state index contributed by atoms with van der Waals surface area (Å²) >= 11 is 0. The van der Waals surface area contributed by atoms with Crippen LogP contribution in [0.5, 0.6) is 0 Å². The van der Waals surface area contributed by atoms with Crippen LogP contribution >= 0.6 is 0 Å². The number of anilines is 1. The number of carbonyl (C=O) groups excluding carboxylic acids is 1. The SMILES string of the molecule is C=C(C)C(=O)NNc1cccc2ccccc12. The van der Waals surface area contributed by atoms with Gasteiger partial charge in [-0.1, -0.05) is 43.0 Å². The summed E-state index contributed by atoms with van der Waals surface area (Å²) in [5.41, 5.74) is 6.85. The molecule has 0 atom stereocenters. The van der Waals surface area contributed by atoms with Gasteiger partial charge in [-0.2, -0.15) is 0 Å². The Balaban J connectivity index is 2.24. The number of carbonyl (C=O) groups is 1. The van der Waals surface area contributed by atoms with Gasteiger partial charge in [0.15, 0.2) is 0 Å². The molecule has 0 saturated carbocycles. The number of hydrazine groups is 1. The molecule has 0 aliphatic carbocycles. The fourth-order valence-electron chi connectivity index (χ4n) is 1.57. The van der Waals surface area contributed by atoms with Crippen LogP contribution in [0.2, 0.25) is 0 Å². The van der Waals surface area contributed by atoms with Crippen molar-refractivity contribution < 1.29 is 4.79 Å². The molecular formula is C14H14N2O. The molecule has 0 bridgehead atoms. The van der Waals surface area contributed by atoms with Gasteiger partial charge in [0.1, 0.15) is 0 Å². The lowest BCUT2D eigenvalue weighted by Crippen LogP contribution is -2.29. The first-order chi connectivity index (χ1) is 8.18. The zero-order chi connectivity index (χ0) is 12.3. The molecule has 0 fully saturated rings. The number of hydrogen-bond acceptors (Lipinski definition) is 2. The lowest BCUT2D eigenvalue weighted by atomic mass is 10.1. The van der Waals surface area contributed by atoms with Crippen LogP contribution in [0.1, 0.15) is 6.92 Å². The van der Waals surface area contributed by atoms with E-state index in [0.29, 0.717) is 5.57 Å². The Morgan fingerprint density at radius 2 is 1.82 bits per heavy atom. The molecule has 2 N–H and O–H groups in total. The molecule has 1 amide bonds. The Bertz CT molecular complexity index is 570. The summed E-state index contributed by atoms with van der Waals surface area (Å²) in [6.45, 7) is 5.24. The monoisotopic (exact) mass is 226 g/mol. The van der Waals surface area contributed by atoms with Crippen molar-refractivity contribution in [2.45, 2.75) is 6.92 Å². The molecule has 0 saturated heterocycles. The molecule has 0 unspecified atom stereocenters. The van der Waals surface area contributed by atoms with E-state index in [0.717, 1.165) is 16.5 Å². The summed E-state index contributed by atoms with van der Waals surface area (Å²) in [4.78, 5) is 11.4. The molecule has 2 rings (SSSR count). The highest BCUT2D eigenvalue weighted by molar-refractivity contribution is 5.96. The maximum Gasteiger partial charge on any atom is 0.264 e. The molecule has 0 aromatic heterocycles. The maximum absolute atomic E-state index is 11.4. The lowest BCUT2D eigenvalue weighted by Gasteiger charge is -2.10. The van der Waals surface area contributed by atoms with Gasteiger partial charge in [0.05, 0.1) is 5.69 Å². The van der Waals surface area contributed by atoms with Crippen LogP contribution in [0.4, 0.5) is 5.69 Å². The van der Waals surface area contributed by atoms with Crippen molar-refractivity contribution in [2.75, 3.05) is 5.43 Å². The molecule has 0 spiro atoms. The Morgan fingerprint density at radius 3 is 2.59 bits per heavy atom. The van der Waals surface area contributed by atoms with Crippen LogP contribution in [0.15, 0.2) is 54.6 Å². The topological polar surface area (TPSA) is 41.1 Å². The highest BCUT2D eigenvalue weighted by Crippen LogP contribution is 2.22. The van der Waals surface area contributed by atoms with Crippen molar-refractivity contribution in [1.82, 2.24) is 5.43 Å². The molecule has 2 aromatic carbocycles. The van der Waals surface area contributed by atoms with Gasteiger partial charge in [-0.3, -0.25) is 15.6 Å². The number of benzene rings is 2. The molecule has 0 heterocycles. The van der Waals surface area contributed by atoms with Crippen LogP contribution in [-0.2, 0) is 4.79 Å². The fourth-order valence-corrected chi connectivity index (χ4v) is 1.57. The fraction of sp³-hybridized carbons (Fsp3) is 0.0714. The predicted molar refractivity (Wildman–Crippen MR) is 70.5 cm³/mol. The van der Waals surface area contributed by atoms with E-state index in [-0.39, 0.29) is 5.91 Å². The molecule has 0 radical (unpaired) electrons. The van der Waals surface area contributed by atoms with E-state index in [1.165, 1.54) is 0 Å². The summed E-state index contributed by atoms with van der Waals surface area (Å²) in [6.07, 6.45) is 0. The van der Waals surface area contributed by atoms with Gasteiger partial charge in [-0.15, -0.1) is 0 Å². The van der Waals surface area contributed by atoms with Crippen molar-refractivity contribution in [3.63, 3.8) is 0 Å². The van der Waals surface area contributed by atoms with Gasteiger partial charge in [-0.25, -0.2) is 0 Å². The minimum atomic E-state index is -0.210. The van der Waals surface area contributed by atoms with E-state index in [1.54, 1.807) is 6.92 Å². The normalized spacial score (nSPS) is 9.94. The van der Waals surface area contributed by atoms with Crippen molar-refractivity contribution in [3.05, 3.63) is 54.6 Å². The van der Waals surface area contributed by atoms with Crippen molar-refractivity contribution in [3.8, 4) is 0 Å². The quantitative estimate of drug-likeness (QED) is 0.624. The van der Waals surface area contributed by atoms with Crippen molar-refractivity contribution in [2.24, 2.45) is 0 Å². The van der Waals surface area contributed by atoms with E-state index in [2.05, 4.69) is 17.4 Å². The standard InChI is InChI=1S/C14H14N2O/c1-10(2)14(17)16-15-13-9-5-7-11-6-3-4-8-12(11)13/h3-9,15H,1H2,2H3,(H,16,17). The highest BCUT2D eigenvalue weighted by atomic mass is 16.2. The second-order valence-electron chi connectivity index (χ2n) is 3.89. The minimum absolute atomic E-state index is 0.210. The van der Waals surface area contributed by atoms with Crippen molar-refractivity contribution in [1.29, 1.82) is 0 Å². The largest absolute Gasteiger partial charge is 0.298 e. The third-order valence-electron chi connectivity index (χ3n) is 2.49.